The standard InChI is InChI=1S/C28H41N7O3Si/c1-9-34-17-29-21-16-20(10-11-22(21)34)24-25-26(35(18-30-25)19-38-14-15-39(6,7)8)23(28(36)37-5)27(31-24)33(4)13-12-32(2)3/h10-11,16-18H,9,12-15,19H2,1-8H3. The molecule has 0 radical (unpaired) electrons. The molecule has 39 heavy (non-hydrogen) atoms. The van der Waals surface area contributed by atoms with Crippen molar-refractivity contribution in [3.63, 3.8) is 0 Å². The van der Waals surface area contributed by atoms with E-state index in [0.29, 0.717) is 41.3 Å². The molecule has 0 fully saturated rings. The summed E-state index contributed by atoms with van der Waals surface area (Å²) >= 11 is 0. The lowest BCUT2D eigenvalue weighted by Crippen LogP contribution is -2.30. The van der Waals surface area contributed by atoms with Gasteiger partial charge in [-0.3, -0.25) is 0 Å². The van der Waals surface area contributed by atoms with Gasteiger partial charge in [-0.05, 0) is 39.2 Å². The quantitative estimate of drug-likeness (QED) is 0.144. The minimum absolute atomic E-state index is 0.287. The maximum atomic E-state index is 13.3. The summed E-state index contributed by atoms with van der Waals surface area (Å²) in [7, 11) is 6.15. The second-order valence-corrected chi connectivity index (χ2v) is 17.0. The van der Waals surface area contributed by atoms with Gasteiger partial charge in [0, 0.05) is 46.9 Å². The van der Waals surface area contributed by atoms with E-state index >= 15 is 0 Å². The Balaban J connectivity index is 1.89. The van der Waals surface area contributed by atoms with E-state index in [1.54, 1.807) is 6.33 Å². The molecule has 0 aliphatic carbocycles. The second-order valence-electron chi connectivity index (χ2n) is 11.4. The Kier molecular flexibility index (Phi) is 8.72. The van der Waals surface area contributed by atoms with Crippen molar-refractivity contribution < 1.29 is 14.3 Å². The highest BCUT2D eigenvalue weighted by atomic mass is 28.3. The Bertz CT molecular complexity index is 1460. The van der Waals surface area contributed by atoms with Gasteiger partial charge in [-0.15, -0.1) is 0 Å². The van der Waals surface area contributed by atoms with Crippen LogP contribution in [0.4, 0.5) is 5.82 Å². The number of nitrogens with zero attached hydrogens (tertiary/aromatic N) is 7. The van der Waals surface area contributed by atoms with Gasteiger partial charge >= 0.3 is 5.97 Å². The number of aromatic nitrogens is 5. The molecule has 0 unspecified atom stereocenters. The predicted molar refractivity (Wildman–Crippen MR) is 159 cm³/mol. The zero-order valence-electron chi connectivity index (χ0n) is 24.5. The Hall–Kier alpha value is -3.28. The van der Waals surface area contributed by atoms with Gasteiger partial charge in [-0.25, -0.2) is 19.7 Å². The van der Waals surface area contributed by atoms with E-state index in [0.717, 1.165) is 35.7 Å². The molecule has 0 bridgehead atoms. The van der Waals surface area contributed by atoms with Crippen molar-refractivity contribution >= 4 is 41.9 Å². The van der Waals surface area contributed by atoms with Crippen LogP contribution in [0, 0.1) is 0 Å². The molecule has 0 saturated carbocycles. The van der Waals surface area contributed by atoms with Gasteiger partial charge in [0.2, 0.25) is 0 Å². The topological polar surface area (TPSA) is 90.5 Å². The first-order valence-electron chi connectivity index (χ1n) is 13.4. The number of hydrogen-bond donors (Lipinski definition) is 0. The summed E-state index contributed by atoms with van der Waals surface area (Å²) in [5.74, 6) is 0.0981. The lowest BCUT2D eigenvalue weighted by Gasteiger charge is -2.24. The number of ether oxygens (including phenoxy) is 2. The van der Waals surface area contributed by atoms with Crippen LogP contribution in [0.1, 0.15) is 17.3 Å². The van der Waals surface area contributed by atoms with E-state index in [1.165, 1.54) is 7.11 Å². The number of rotatable bonds is 12. The molecule has 3 aromatic heterocycles. The largest absolute Gasteiger partial charge is 0.465 e. The van der Waals surface area contributed by atoms with Crippen molar-refractivity contribution in [1.29, 1.82) is 0 Å². The summed E-state index contributed by atoms with van der Waals surface area (Å²) in [6.45, 7) is 12.3. The number of esters is 1. The fourth-order valence-corrected chi connectivity index (χ4v) is 5.22. The van der Waals surface area contributed by atoms with Crippen molar-refractivity contribution in [3.05, 3.63) is 36.4 Å². The molecule has 3 heterocycles. The molecule has 210 valence electrons. The summed E-state index contributed by atoms with van der Waals surface area (Å²) in [6, 6.07) is 7.20. The number of hydrogen-bond acceptors (Lipinski definition) is 8. The molecule has 11 heteroatoms. The minimum Gasteiger partial charge on any atom is -0.465 e. The van der Waals surface area contributed by atoms with Gasteiger partial charge in [0.15, 0.2) is 0 Å². The Morgan fingerprint density at radius 3 is 2.46 bits per heavy atom. The molecular formula is C28H41N7O3Si. The lowest BCUT2D eigenvalue weighted by molar-refractivity contribution is 0.0601. The fraction of sp³-hybridized carbons (Fsp3) is 0.500. The minimum atomic E-state index is -1.24. The predicted octanol–water partition coefficient (Wildman–Crippen LogP) is 4.56. The number of anilines is 1. The van der Waals surface area contributed by atoms with E-state index in [9.17, 15) is 4.79 Å². The van der Waals surface area contributed by atoms with Crippen LogP contribution in [0.25, 0.3) is 33.3 Å². The van der Waals surface area contributed by atoms with Crippen LogP contribution in [0.2, 0.25) is 25.7 Å². The highest BCUT2D eigenvalue weighted by Crippen LogP contribution is 2.35. The number of imidazole rings is 2. The fourth-order valence-electron chi connectivity index (χ4n) is 4.46. The van der Waals surface area contributed by atoms with Gasteiger partial charge in [-0.1, -0.05) is 25.7 Å². The number of likely N-dealkylation sites (N-methyl/N-ethyl adjacent to an activating group) is 2. The molecule has 1 aromatic carbocycles. The second kappa shape index (κ2) is 11.8. The number of benzene rings is 1. The van der Waals surface area contributed by atoms with Crippen molar-refractivity contribution in [1.82, 2.24) is 29.0 Å². The van der Waals surface area contributed by atoms with E-state index in [1.807, 2.05) is 49.1 Å². The molecule has 0 spiro atoms. The molecule has 4 rings (SSSR count). The SMILES string of the molecule is CCn1cnc2cc(-c3nc(N(C)CCN(C)C)c(C(=O)OC)c4c3ncn4COCC[Si](C)(C)C)ccc21. The zero-order chi connectivity index (χ0) is 28.3. The van der Waals surface area contributed by atoms with Gasteiger partial charge in [0.1, 0.15) is 29.3 Å². The number of aryl methyl sites for hydroxylation is 1. The van der Waals surface area contributed by atoms with Crippen molar-refractivity contribution in [3.8, 4) is 11.3 Å². The first kappa shape index (κ1) is 28.7. The normalized spacial score (nSPS) is 12.1. The number of methoxy groups -OCH3 is 1. The molecule has 0 saturated heterocycles. The van der Waals surface area contributed by atoms with E-state index in [2.05, 4.69) is 47.1 Å². The van der Waals surface area contributed by atoms with Gasteiger partial charge in [0.05, 0.1) is 36.3 Å². The summed E-state index contributed by atoms with van der Waals surface area (Å²) < 4.78 is 15.3. The van der Waals surface area contributed by atoms with Crippen molar-refractivity contribution in [2.24, 2.45) is 0 Å². The monoisotopic (exact) mass is 551 g/mol. The third-order valence-electron chi connectivity index (χ3n) is 6.84. The first-order valence-corrected chi connectivity index (χ1v) is 17.1. The molecule has 0 aliphatic rings. The lowest BCUT2D eigenvalue weighted by atomic mass is 10.1. The van der Waals surface area contributed by atoms with Crippen LogP contribution < -0.4 is 4.90 Å². The van der Waals surface area contributed by atoms with Crippen LogP contribution in [-0.4, -0.2) is 91.0 Å². The maximum absolute atomic E-state index is 13.3. The Morgan fingerprint density at radius 2 is 1.79 bits per heavy atom. The highest BCUT2D eigenvalue weighted by molar-refractivity contribution is 6.76. The van der Waals surface area contributed by atoms with Crippen LogP contribution in [0.15, 0.2) is 30.9 Å². The van der Waals surface area contributed by atoms with Gasteiger partial charge in [0.25, 0.3) is 0 Å². The van der Waals surface area contributed by atoms with E-state index in [-0.39, 0.29) is 6.73 Å². The summed E-state index contributed by atoms with van der Waals surface area (Å²) in [4.78, 5) is 31.8. The number of carbonyl (C=O) groups excluding carboxylic acids is 1. The average Bonchev–Trinajstić information content (AvgIpc) is 3.51. The van der Waals surface area contributed by atoms with Crippen LogP contribution in [-0.2, 0) is 22.7 Å². The molecule has 0 atom stereocenters. The Morgan fingerprint density at radius 1 is 1.05 bits per heavy atom. The van der Waals surface area contributed by atoms with Crippen LogP contribution in [0.5, 0.6) is 0 Å². The van der Waals surface area contributed by atoms with Crippen molar-refractivity contribution in [2.75, 3.05) is 52.8 Å². The molecule has 4 aromatic rings. The highest BCUT2D eigenvalue weighted by Gasteiger charge is 2.27. The number of carbonyl (C=O) groups is 1. The average molecular weight is 552 g/mol. The third kappa shape index (κ3) is 6.31. The third-order valence-corrected chi connectivity index (χ3v) is 8.54. The van der Waals surface area contributed by atoms with Gasteiger partial charge in [-0.2, -0.15) is 0 Å². The summed E-state index contributed by atoms with van der Waals surface area (Å²) in [5, 5.41) is 0. The van der Waals surface area contributed by atoms with E-state index in [4.69, 9.17) is 19.4 Å². The van der Waals surface area contributed by atoms with Gasteiger partial charge < -0.3 is 28.4 Å². The molecular weight excluding hydrogens is 510 g/mol. The molecule has 0 aliphatic heterocycles. The number of pyridine rings is 1. The smallest absolute Gasteiger partial charge is 0.343 e. The Labute approximate surface area is 231 Å². The van der Waals surface area contributed by atoms with Crippen LogP contribution >= 0.6 is 0 Å². The molecule has 0 amide bonds. The first-order chi connectivity index (χ1) is 18.5. The summed E-state index contributed by atoms with van der Waals surface area (Å²) in [6.07, 6.45) is 3.58. The maximum Gasteiger partial charge on any atom is 0.343 e. The molecule has 10 nitrogen and oxygen atoms in total. The zero-order valence-corrected chi connectivity index (χ0v) is 25.5. The van der Waals surface area contributed by atoms with Crippen LogP contribution in [0.3, 0.4) is 0 Å². The molecule has 0 N–H and O–H groups in total. The van der Waals surface area contributed by atoms with Crippen molar-refractivity contribution in [2.45, 2.75) is 45.9 Å². The summed E-state index contributed by atoms with van der Waals surface area (Å²) in [5.41, 5.74) is 5.20. The van der Waals surface area contributed by atoms with E-state index < -0.39 is 14.0 Å². The number of fused-ring (bicyclic) bond motifs is 2.